The first-order valence-electron chi connectivity index (χ1n) is 7.93. The minimum absolute atomic E-state index is 0.00744. The molecule has 5 heteroatoms. The zero-order valence-corrected chi connectivity index (χ0v) is 13.4. The summed E-state index contributed by atoms with van der Waals surface area (Å²) in [5.41, 5.74) is 0.585. The van der Waals surface area contributed by atoms with Crippen LogP contribution in [-0.2, 0) is 4.79 Å². The lowest BCUT2D eigenvalue weighted by Gasteiger charge is -2.21. The molecule has 3 N–H and O–H groups in total. The molecule has 0 aromatic carbocycles. The van der Waals surface area contributed by atoms with E-state index in [9.17, 15) is 4.79 Å². The number of nitrogens with one attached hydrogen (secondary N) is 1. The number of hydrogen-bond donors (Lipinski definition) is 2. The molecule has 0 bridgehead atoms. The van der Waals surface area contributed by atoms with Gasteiger partial charge in [0.05, 0.1) is 11.7 Å². The van der Waals surface area contributed by atoms with Gasteiger partial charge < -0.3 is 10.6 Å². The first-order chi connectivity index (χ1) is 10.2. The molecule has 1 atom stereocenters. The molecule has 1 aromatic rings. The van der Waals surface area contributed by atoms with Crippen LogP contribution in [0.3, 0.4) is 0 Å². The van der Waals surface area contributed by atoms with Crippen molar-refractivity contribution in [1.29, 1.82) is 0 Å². The molecular weight excluding hydrogens is 286 g/mol. The number of nitrogens with two attached hydrogens (primary N) is 1. The maximum Gasteiger partial charge on any atom is 0.282 e. The van der Waals surface area contributed by atoms with E-state index >= 15 is 0 Å². The lowest BCUT2D eigenvalue weighted by Crippen LogP contribution is -2.96. The number of carbonyl (C=O) groups excluding carboxylic acids is 1. The second-order valence-corrected chi connectivity index (χ2v) is 6.28. The van der Waals surface area contributed by atoms with Crippen molar-refractivity contribution in [3.8, 4) is 0 Å². The summed E-state index contributed by atoms with van der Waals surface area (Å²) in [4.78, 5) is 16.2. The molecule has 4 nitrogen and oxygen atoms in total. The van der Waals surface area contributed by atoms with Crippen LogP contribution in [0.15, 0.2) is 18.3 Å². The molecule has 21 heavy (non-hydrogen) atoms. The second-order valence-electron chi connectivity index (χ2n) is 5.92. The Morgan fingerprint density at radius 1 is 1.33 bits per heavy atom. The third-order valence-electron chi connectivity index (χ3n) is 4.14. The van der Waals surface area contributed by atoms with Gasteiger partial charge in [-0.05, 0) is 44.7 Å². The third kappa shape index (κ3) is 5.29. The van der Waals surface area contributed by atoms with Gasteiger partial charge in [-0.1, -0.05) is 30.9 Å². The van der Waals surface area contributed by atoms with Crippen molar-refractivity contribution in [2.24, 2.45) is 0 Å². The molecule has 116 valence electrons. The molecule has 1 heterocycles. The van der Waals surface area contributed by atoms with Crippen LogP contribution in [0.5, 0.6) is 0 Å². The molecular formula is C16H25ClN3O+. The van der Waals surface area contributed by atoms with E-state index in [1.807, 2.05) is 6.92 Å². The lowest BCUT2D eigenvalue weighted by molar-refractivity contribution is -0.707. The average Bonchev–Trinajstić information content (AvgIpc) is 2.44. The molecule has 0 unspecified atom stereocenters. The Morgan fingerprint density at radius 3 is 2.67 bits per heavy atom. The molecule has 1 saturated carbocycles. The normalized spacial score (nSPS) is 18.6. The van der Waals surface area contributed by atoms with Crippen LogP contribution in [0.2, 0.25) is 5.15 Å². The fourth-order valence-electron chi connectivity index (χ4n) is 2.90. The maximum absolute atomic E-state index is 12.3. The summed E-state index contributed by atoms with van der Waals surface area (Å²) < 4.78 is 0. The largest absolute Gasteiger partial charge is 0.334 e. The zero-order valence-electron chi connectivity index (χ0n) is 12.6. The topological polar surface area (TPSA) is 58.6 Å². The smallest absolute Gasteiger partial charge is 0.282 e. The number of hydrogen-bond acceptors (Lipinski definition) is 2. The maximum atomic E-state index is 12.3. The quantitative estimate of drug-likeness (QED) is 0.840. The summed E-state index contributed by atoms with van der Waals surface area (Å²) in [7, 11) is 0. The highest BCUT2D eigenvalue weighted by atomic mass is 35.5. The summed E-state index contributed by atoms with van der Waals surface area (Å²) in [5.74, 6) is -0.00744. The number of quaternary nitrogens is 1. The van der Waals surface area contributed by atoms with Crippen LogP contribution < -0.4 is 10.6 Å². The number of carbonyl (C=O) groups is 1. The predicted octanol–water partition coefficient (Wildman–Crippen LogP) is 2.74. The predicted molar refractivity (Wildman–Crippen MR) is 85.4 cm³/mol. The van der Waals surface area contributed by atoms with Crippen molar-refractivity contribution >= 4 is 23.2 Å². The number of rotatable bonds is 4. The molecule has 1 aromatic heterocycles. The van der Waals surface area contributed by atoms with Gasteiger partial charge in [-0.25, -0.2) is 4.98 Å². The van der Waals surface area contributed by atoms with Crippen molar-refractivity contribution in [2.45, 2.75) is 64.0 Å². The summed E-state index contributed by atoms with van der Waals surface area (Å²) in [5, 5.41) is 5.41. The second kappa shape index (κ2) is 8.35. The Morgan fingerprint density at radius 2 is 2.00 bits per heavy atom. The van der Waals surface area contributed by atoms with Crippen molar-refractivity contribution in [3.05, 3.63) is 23.5 Å². The van der Waals surface area contributed by atoms with Crippen LogP contribution in [0.1, 0.15) is 51.9 Å². The summed E-state index contributed by atoms with van der Waals surface area (Å²) in [6.07, 6.45) is 10.6. The third-order valence-corrected chi connectivity index (χ3v) is 4.44. The van der Waals surface area contributed by atoms with Gasteiger partial charge in [0.15, 0.2) is 11.2 Å². The SMILES string of the molecule is C[C@@H]([NH2+]C1CCCCCCC1)C(=O)Nc1cccnc1Cl. The summed E-state index contributed by atoms with van der Waals surface area (Å²) in [6.45, 7) is 1.96. The van der Waals surface area contributed by atoms with Gasteiger partial charge >= 0.3 is 0 Å². The molecule has 1 aliphatic carbocycles. The Balaban J connectivity index is 1.85. The first kappa shape index (κ1) is 16.2. The standard InChI is InChI=1S/C16H24ClN3O/c1-12(19-13-8-5-3-2-4-6-9-13)16(21)20-14-10-7-11-18-15(14)17/h7,10-13,19H,2-6,8-9H2,1H3,(H,20,21)/p+1/t12-/m1/s1. The number of nitrogens with zero attached hydrogens (tertiary/aromatic N) is 1. The Hall–Kier alpha value is -1.13. The number of aromatic nitrogens is 1. The van der Waals surface area contributed by atoms with Gasteiger partial charge in [-0.2, -0.15) is 0 Å². The van der Waals surface area contributed by atoms with Crippen molar-refractivity contribution in [3.63, 3.8) is 0 Å². The number of pyridine rings is 1. The van der Waals surface area contributed by atoms with Crippen LogP contribution in [0.25, 0.3) is 0 Å². The molecule has 0 aliphatic heterocycles. The van der Waals surface area contributed by atoms with Gasteiger partial charge in [0, 0.05) is 6.20 Å². The van der Waals surface area contributed by atoms with E-state index in [1.54, 1.807) is 18.3 Å². The van der Waals surface area contributed by atoms with Gasteiger partial charge in [0.2, 0.25) is 0 Å². The van der Waals surface area contributed by atoms with E-state index in [0.29, 0.717) is 16.9 Å². The summed E-state index contributed by atoms with van der Waals surface area (Å²) in [6, 6.07) is 4.00. The van der Waals surface area contributed by atoms with Crippen LogP contribution in [-0.4, -0.2) is 23.0 Å². The minimum atomic E-state index is -0.106. The van der Waals surface area contributed by atoms with E-state index < -0.39 is 0 Å². The highest BCUT2D eigenvalue weighted by Crippen LogP contribution is 2.18. The fraction of sp³-hybridized carbons (Fsp3) is 0.625. The molecule has 0 radical (unpaired) electrons. The Kier molecular flexibility index (Phi) is 6.46. The number of halogens is 1. The first-order valence-corrected chi connectivity index (χ1v) is 8.31. The van der Waals surface area contributed by atoms with E-state index in [0.717, 1.165) is 0 Å². The van der Waals surface area contributed by atoms with E-state index in [1.165, 1.54) is 44.9 Å². The number of anilines is 1. The van der Waals surface area contributed by atoms with E-state index in [4.69, 9.17) is 11.6 Å². The molecule has 0 spiro atoms. The molecule has 1 fully saturated rings. The van der Waals surface area contributed by atoms with Crippen molar-refractivity contribution < 1.29 is 10.1 Å². The summed E-state index contributed by atoms with van der Waals surface area (Å²) >= 11 is 5.97. The Labute approximate surface area is 131 Å². The van der Waals surface area contributed by atoms with Crippen LogP contribution >= 0.6 is 11.6 Å². The zero-order chi connectivity index (χ0) is 15.1. The Bertz CT molecular complexity index is 459. The monoisotopic (exact) mass is 310 g/mol. The molecule has 0 saturated heterocycles. The van der Waals surface area contributed by atoms with Gasteiger partial charge in [-0.3, -0.25) is 4.79 Å². The van der Waals surface area contributed by atoms with Crippen LogP contribution in [0.4, 0.5) is 5.69 Å². The fourth-order valence-corrected chi connectivity index (χ4v) is 3.07. The highest BCUT2D eigenvalue weighted by molar-refractivity contribution is 6.32. The number of amides is 1. The lowest BCUT2D eigenvalue weighted by atomic mass is 9.96. The molecule has 1 amide bonds. The van der Waals surface area contributed by atoms with Crippen molar-refractivity contribution in [1.82, 2.24) is 4.98 Å². The van der Waals surface area contributed by atoms with E-state index in [2.05, 4.69) is 15.6 Å². The van der Waals surface area contributed by atoms with Gasteiger partial charge in [-0.15, -0.1) is 0 Å². The average molecular weight is 311 g/mol. The minimum Gasteiger partial charge on any atom is -0.334 e. The molecule has 2 rings (SSSR count). The molecule has 1 aliphatic rings. The van der Waals surface area contributed by atoms with Crippen molar-refractivity contribution in [2.75, 3.05) is 5.32 Å². The van der Waals surface area contributed by atoms with Gasteiger partial charge in [0.1, 0.15) is 0 Å². The highest BCUT2D eigenvalue weighted by Gasteiger charge is 2.22. The van der Waals surface area contributed by atoms with Crippen LogP contribution in [0, 0.1) is 0 Å². The van der Waals surface area contributed by atoms with E-state index in [-0.39, 0.29) is 11.9 Å². The van der Waals surface area contributed by atoms with Gasteiger partial charge in [0.25, 0.3) is 5.91 Å².